The number of amides is 1. The van der Waals surface area contributed by atoms with Gasteiger partial charge in [-0.1, -0.05) is 29.5 Å². The summed E-state index contributed by atoms with van der Waals surface area (Å²) in [6.07, 6.45) is 0. The summed E-state index contributed by atoms with van der Waals surface area (Å²) in [4.78, 5) is 12.4. The van der Waals surface area contributed by atoms with Gasteiger partial charge in [0.25, 0.3) is 0 Å². The van der Waals surface area contributed by atoms with Crippen molar-refractivity contribution in [3.8, 4) is 23.0 Å². The highest BCUT2D eigenvalue weighted by atomic mass is 16.5. The van der Waals surface area contributed by atoms with Crippen LogP contribution in [0, 0.1) is 0 Å². The molecule has 1 N–H and O–H groups in total. The molecular weight excluding hydrogens is 396 g/mol. The summed E-state index contributed by atoms with van der Waals surface area (Å²) < 4.78 is 18.1. The smallest absolute Gasteiger partial charge is 0.242 e. The van der Waals surface area contributed by atoms with Gasteiger partial charge in [-0.25, -0.2) is 4.68 Å². The molecule has 1 amide bonds. The van der Waals surface area contributed by atoms with Crippen LogP contribution in [0.25, 0.3) is 11.0 Å². The maximum absolute atomic E-state index is 12.4. The second kappa shape index (κ2) is 9.17. The molecule has 4 aromatic rings. The number of ether oxygens (including phenoxy) is 3. The van der Waals surface area contributed by atoms with Crippen LogP contribution in [-0.4, -0.2) is 35.1 Å². The summed E-state index contributed by atoms with van der Waals surface area (Å²) in [5.41, 5.74) is 2.49. The molecule has 0 saturated carbocycles. The third-order valence-corrected chi connectivity index (χ3v) is 4.66. The Morgan fingerprint density at radius 1 is 0.903 bits per heavy atom. The fourth-order valence-corrected chi connectivity index (χ4v) is 3.12. The van der Waals surface area contributed by atoms with Crippen LogP contribution in [0.2, 0.25) is 0 Å². The van der Waals surface area contributed by atoms with Gasteiger partial charge in [0.05, 0.1) is 19.7 Å². The normalized spacial score (nSPS) is 10.6. The van der Waals surface area contributed by atoms with Crippen LogP contribution < -0.4 is 19.5 Å². The molecule has 0 spiro atoms. The van der Waals surface area contributed by atoms with Crippen LogP contribution in [-0.2, 0) is 17.9 Å². The number of hydrogen-bond acceptors (Lipinski definition) is 6. The van der Waals surface area contributed by atoms with E-state index in [0.29, 0.717) is 29.5 Å². The maximum atomic E-state index is 12.4. The predicted molar refractivity (Wildman–Crippen MR) is 115 cm³/mol. The van der Waals surface area contributed by atoms with Gasteiger partial charge in [-0.15, -0.1) is 5.10 Å². The third kappa shape index (κ3) is 4.92. The molecule has 0 aliphatic rings. The number of para-hydroxylation sites is 1. The standard InChI is InChI=1S/C23H22N4O4/c1-29-18-11-19(30-2)13-20(12-18)31-17-7-5-6-16(10-17)14-24-23(28)15-27-22-9-4-3-8-21(22)25-26-27/h3-13H,14-15H2,1-2H3,(H,24,28). The van der Waals surface area contributed by atoms with Crippen molar-refractivity contribution in [3.05, 3.63) is 72.3 Å². The van der Waals surface area contributed by atoms with Gasteiger partial charge in [0.2, 0.25) is 5.91 Å². The molecule has 0 unspecified atom stereocenters. The van der Waals surface area contributed by atoms with E-state index in [1.807, 2.05) is 48.5 Å². The number of rotatable bonds is 8. The summed E-state index contributed by atoms with van der Waals surface area (Å²) in [5.74, 6) is 2.36. The average Bonchev–Trinajstić information content (AvgIpc) is 3.20. The number of nitrogens with one attached hydrogen (secondary N) is 1. The summed E-state index contributed by atoms with van der Waals surface area (Å²) >= 11 is 0. The zero-order chi connectivity index (χ0) is 21.6. The van der Waals surface area contributed by atoms with Crippen LogP contribution in [0.5, 0.6) is 23.0 Å². The van der Waals surface area contributed by atoms with Crippen molar-refractivity contribution >= 4 is 16.9 Å². The molecule has 31 heavy (non-hydrogen) atoms. The van der Waals surface area contributed by atoms with Crippen LogP contribution >= 0.6 is 0 Å². The van der Waals surface area contributed by atoms with Gasteiger partial charge < -0.3 is 19.5 Å². The summed E-state index contributed by atoms with van der Waals surface area (Å²) in [7, 11) is 3.17. The van der Waals surface area contributed by atoms with Crippen molar-refractivity contribution in [3.63, 3.8) is 0 Å². The van der Waals surface area contributed by atoms with Gasteiger partial charge in [0.1, 0.15) is 35.1 Å². The monoisotopic (exact) mass is 418 g/mol. The molecule has 4 rings (SSSR count). The van der Waals surface area contributed by atoms with Crippen LogP contribution in [0.3, 0.4) is 0 Å². The molecule has 1 aromatic heterocycles. The summed E-state index contributed by atoms with van der Waals surface area (Å²) in [6, 6.07) is 20.4. The molecule has 8 heteroatoms. The Morgan fingerprint density at radius 2 is 1.65 bits per heavy atom. The lowest BCUT2D eigenvalue weighted by Gasteiger charge is -2.11. The average molecular weight is 418 g/mol. The molecule has 0 saturated heterocycles. The van der Waals surface area contributed by atoms with Gasteiger partial charge >= 0.3 is 0 Å². The zero-order valence-corrected chi connectivity index (χ0v) is 17.2. The first-order chi connectivity index (χ1) is 15.1. The molecule has 1 heterocycles. The van der Waals surface area contributed by atoms with E-state index in [9.17, 15) is 4.79 Å². The lowest BCUT2D eigenvalue weighted by atomic mass is 10.2. The fourth-order valence-electron chi connectivity index (χ4n) is 3.12. The predicted octanol–water partition coefficient (Wildman–Crippen LogP) is 3.56. The highest BCUT2D eigenvalue weighted by Gasteiger charge is 2.09. The molecule has 0 aliphatic heterocycles. The topological polar surface area (TPSA) is 87.5 Å². The second-order valence-corrected chi connectivity index (χ2v) is 6.81. The van der Waals surface area contributed by atoms with Crippen molar-refractivity contribution < 1.29 is 19.0 Å². The minimum Gasteiger partial charge on any atom is -0.496 e. The van der Waals surface area contributed by atoms with Crippen molar-refractivity contribution in [2.24, 2.45) is 0 Å². The number of carbonyl (C=O) groups excluding carboxylic acids is 1. The van der Waals surface area contributed by atoms with E-state index >= 15 is 0 Å². The molecule has 0 aliphatic carbocycles. The SMILES string of the molecule is COc1cc(OC)cc(Oc2cccc(CNC(=O)Cn3nnc4ccccc43)c2)c1. The molecule has 0 fully saturated rings. The molecule has 8 nitrogen and oxygen atoms in total. The number of hydrogen-bond donors (Lipinski definition) is 1. The van der Waals surface area contributed by atoms with Crippen molar-refractivity contribution in [2.75, 3.05) is 14.2 Å². The summed E-state index contributed by atoms with van der Waals surface area (Å²) in [5, 5.41) is 11.0. The Kier molecular flexibility index (Phi) is 5.98. The zero-order valence-electron chi connectivity index (χ0n) is 17.2. The van der Waals surface area contributed by atoms with Crippen molar-refractivity contribution in [1.29, 1.82) is 0 Å². The van der Waals surface area contributed by atoms with Crippen molar-refractivity contribution in [1.82, 2.24) is 20.3 Å². The number of fused-ring (bicyclic) bond motifs is 1. The Balaban J connectivity index is 1.39. The number of methoxy groups -OCH3 is 2. The minimum atomic E-state index is -0.153. The van der Waals surface area contributed by atoms with E-state index in [0.717, 1.165) is 16.6 Å². The van der Waals surface area contributed by atoms with E-state index < -0.39 is 0 Å². The Hall–Kier alpha value is -4.07. The fraction of sp³-hybridized carbons (Fsp3) is 0.174. The first-order valence-electron chi connectivity index (χ1n) is 9.69. The molecular formula is C23H22N4O4. The number of benzene rings is 3. The second-order valence-electron chi connectivity index (χ2n) is 6.81. The minimum absolute atomic E-state index is 0.0975. The first kappa shape index (κ1) is 20.2. The third-order valence-electron chi connectivity index (χ3n) is 4.66. The number of aromatic nitrogens is 3. The Morgan fingerprint density at radius 3 is 2.42 bits per heavy atom. The van der Waals surface area contributed by atoms with E-state index in [1.54, 1.807) is 37.1 Å². The number of nitrogens with zero attached hydrogens (tertiary/aromatic N) is 3. The van der Waals surface area contributed by atoms with E-state index in [-0.39, 0.29) is 12.5 Å². The van der Waals surface area contributed by atoms with Gasteiger partial charge in [0, 0.05) is 24.7 Å². The van der Waals surface area contributed by atoms with E-state index in [1.165, 1.54) is 0 Å². The molecule has 0 atom stereocenters. The lowest BCUT2D eigenvalue weighted by Crippen LogP contribution is -2.27. The largest absolute Gasteiger partial charge is 0.496 e. The summed E-state index contributed by atoms with van der Waals surface area (Å²) in [6.45, 7) is 0.463. The quantitative estimate of drug-likeness (QED) is 0.471. The molecule has 0 radical (unpaired) electrons. The lowest BCUT2D eigenvalue weighted by molar-refractivity contribution is -0.121. The first-order valence-corrected chi connectivity index (χ1v) is 9.69. The number of carbonyl (C=O) groups is 1. The van der Waals surface area contributed by atoms with Crippen LogP contribution in [0.4, 0.5) is 0 Å². The Labute approximate surface area is 179 Å². The molecule has 3 aromatic carbocycles. The van der Waals surface area contributed by atoms with Gasteiger partial charge in [-0.3, -0.25) is 4.79 Å². The van der Waals surface area contributed by atoms with Crippen LogP contribution in [0.1, 0.15) is 5.56 Å². The maximum Gasteiger partial charge on any atom is 0.242 e. The van der Waals surface area contributed by atoms with E-state index in [2.05, 4.69) is 15.6 Å². The van der Waals surface area contributed by atoms with Crippen molar-refractivity contribution in [2.45, 2.75) is 13.1 Å². The van der Waals surface area contributed by atoms with E-state index in [4.69, 9.17) is 14.2 Å². The molecule has 158 valence electrons. The highest BCUT2D eigenvalue weighted by Crippen LogP contribution is 2.31. The highest BCUT2D eigenvalue weighted by molar-refractivity contribution is 5.79. The molecule has 0 bridgehead atoms. The van der Waals surface area contributed by atoms with Crippen LogP contribution in [0.15, 0.2) is 66.7 Å². The van der Waals surface area contributed by atoms with Gasteiger partial charge in [-0.05, 0) is 29.8 Å². The van der Waals surface area contributed by atoms with Gasteiger partial charge in [-0.2, -0.15) is 0 Å². The Bertz CT molecular complexity index is 1180. The van der Waals surface area contributed by atoms with Gasteiger partial charge in [0.15, 0.2) is 0 Å².